The van der Waals surface area contributed by atoms with Gasteiger partial charge in [-0.25, -0.2) is 14.4 Å². The molecule has 130 valence electrons. The van der Waals surface area contributed by atoms with Crippen LogP contribution in [0.2, 0.25) is 0 Å². The van der Waals surface area contributed by atoms with Crippen molar-refractivity contribution in [3.8, 4) is 0 Å². The van der Waals surface area contributed by atoms with Gasteiger partial charge in [0, 0.05) is 10.7 Å². The third-order valence-electron chi connectivity index (χ3n) is 3.35. The zero-order valence-electron chi connectivity index (χ0n) is 13.4. The van der Waals surface area contributed by atoms with Crippen LogP contribution in [0.15, 0.2) is 58.4 Å². The highest BCUT2D eigenvalue weighted by Gasteiger charge is 2.30. The monoisotopic (exact) mass is 407 g/mol. The summed E-state index contributed by atoms with van der Waals surface area (Å²) >= 11 is 3.19. The molecule has 0 saturated heterocycles. The second-order valence-corrected chi connectivity index (χ2v) is 5.61. The molecular weight excluding hydrogens is 394 g/mol. The fraction of sp³-hybridized carbons (Fsp3) is 0.118. The van der Waals surface area contributed by atoms with Crippen LogP contribution >= 0.6 is 15.9 Å². The maximum atomic E-state index is 12.3. The van der Waals surface area contributed by atoms with Crippen LogP contribution < -0.4 is 4.90 Å². The standard InChI is InChI=1S/C17H14BrNO6/c1-24-16(22)10-6-3-4-9-19(14(10)17(23)25-2)12-8-5-7-11(18)13(12)15(20)21/h3-9H,1-2H3,(H,20,21). The molecular formula is C17H14BrNO6. The van der Waals surface area contributed by atoms with Crippen LogP contribution in [-0.2, 0) is 19.1 Å². The number of methoxy groups -OCH3 is 2. The molecule has 0 saturated carbocycles. The Bertz CT molecular complexity index is 824. The van der Waals surface area contributed by atoms with Crippen LogP contribution in [0, 0.1) is 0 Å². The molecule has 0 atom stereocenters. The van der Waals surface area contributed by atoms with Crippen LogP contribution in [0.1, 0.15) is 10.4 Å². The number of benzene rings is 1. The highest BCUT2D eigenvalue weighted by atomic mass is 79.9. The number of aromatic carboxylic acids is 1. The maximum absolute atomic E-state index is 12.3. The lowest BCUT2D eigenvalue weighted by molar-refractivity contribution is -0.139. The molecule has 0 spiro atoms. The highest BCUT2D eigenvalue weighted by Crippen LogP contribution is 2.33. The molecule has 0 radical (unpaired) electrons. The Balaban J connectivity index is 2.79. The quantitative estimate of drug-likeness (QED) is 0.766. The summed E-state index contributed by atoms with van der Waals surface area (Å²) in [5, 5.41) is 9.53. The predicted molar refractivity (Wildman–Crippen MR) is 92.9 cm³/mol. The largest absolute Gasteiger partial charge is 0.478 e. The van der Waals surface area contributed by atoms with E-state index >= 15 is 0 Å². The van der Waals surface area contributed by atoms with Gasteiger partial charge in [-0.05, 0) is 40.2 Å². The summed E-state index contributed by atoms with van der Waals surface area (Å²) < 4.78 is 9.83. The Morgan fingerprint density at radius 2 is 1.76 bits per heavy atom. The Morgan fingerprint density at radius 3 is 2.36 bits per heavy atom. The first kappa shape index (κ1) is 18.5. The van der Waals surface area contributed by atoms with Crippen molar-refractivity contribution in [3.63, 3.8) is 0 Å². The molecule has 0 aliphatic carbocycles. The van der Waals surface area contributed by atoms with Gasteiger partial charge >= 0.3 is 17.9 Å². The first-order chi connectivity index (χ1) is 11.9. The normalized spacial score (nSPS) is 13.5. The number of halogens is 1. The Hall–Kier alpha value is -2.87. The summed E-state index contributed by atoms with van der Waals surface area (Å²) in [5.41, 5.74) is -0.0982. The Labute approximate surface area is 152 Å². The van der Waals surface area contributed by atoms with Crippen molar-refractivity contribution in [2.75, 3.05) is 19.1 Å². The van der Waals surface area contributed by atoms with Crippen LogP contribution in [0.3, 0.4) is 0 Å². The van der Waals surface area contributed by atoms with E-state index in [1.807, 2.05) is 0 Å². The van der Waals surface area contributed by atoms with Gasteiger partial charge in [-0.15, -0.1) is 0 Å². The first-order valence-corrected chi connectivity index (χ1v) is 7.78. The number of esters is 2. The first-order valence-electron chi connectivity index (χ1n) is 6.99. The summed E-state index contributed by atoms with van der Waals surface area (Å²) in [4.78, 5) is 37.4. The van der Waals surface area contributed by atoms with Crippen LogP contribution in [0.4, 0.5) is 5.69 Å². The fourth-order valence-corrected chi connectivity index (χ4v) is 2.80. The topological polar surface area (TPSA) is 93.1 Å². The average Bonchev–Trinajstić information content (AvgIpc) is 2.82. The van der Waals surface area contributed by atoms with Gasteiger partial charge in [0.15, 0.2) is 0 Å². The molecule has 1 aliphatic heterocycles. The number of hydrogen-bond acceptors (Lipinski definition) is 6. The van der Waals surface area contributed by atoms with Crippen molar-refractivity contribution in [2.24, 2.45) is 0 Å². The smallest absolute Gasteiger partial charge is 0.355 e. The molecule has 7 nitrogen and oxygen atoms in total. The zero-order valence-corrected chi connectivity index (χ0v) is 14.9. The third-order valence-corrected chi connectivity index (χ3v) is 4.02. The Morgan fingerprint density at radius 1 is 1.08 bits per heavy atom. The van der Waals surface area contributed by atoms with Crippen molar-refractivity contribution < 1.29 is 29.0 Å². The molecule has 1 aromatic rings. The molecule has 1 aromatic carbocycles. The average molecular weight is 408 g/mol. The maximum Gasteiger partial charge on any atom is 0.355 e. The summed E-state index contributed by atoms with van der Waals surface area (Å²) in [5.74, 6) is -2.76. The van der Waals surface area contributed by atoms with E-state index in [2.05, 4.69) is 15.9 Å². The van der Waals surface area contributed by atoms with E-state index in [4.69, 9.17) is 9.47 Å². The molecule has 0 unspecified atom stereocenters. The van der Waals surface area contributed by atoms with Gasteiger partial charge in [-0.3, -0.25) is 0 Å². The summed E-state index contributed by atoms with van der Waals surface area (Å²) in [7, 11) is 2.35. The fourth-order valence-electron chi connectivity index (χ4n) is 2.28. The molecule has 1 N–H and O–H groups in total. The third kappa shape index (κ3) is 3.63. The number of allylic oxidation sites excluding steroid dienone is 2. The summed E-state index contributed by atoms with van der Waals surface area (Å²) in [6.45, 7) is 0. The van der Waals surface area contributed by atoms with Gasteiger partial charge < -0.3 is 19.5 Å². The number of carbonyl (C=O) groups excluding carboxylic acids is 2. The molecule has 1 heterocycles. The lowest BCUT2D eigenvalue weighted by atomic mass is 10.1. The molecule has 1 aliphatic rings. The molecule has 0 aromatic heterocycles. The molecule has 0 amide bonds. The molecule has 0 fully saturated rings. The van der Waals surface area contributed by atoms with Gasteiger partial charge in [0.2, 0.25) is 0 Å². The minimum Gasteiger partial charge on any atom is -0.478 e. The van der Waals surface area contributed by atoms with E-state index in [0.29, 0.717) is 4.47 Å². The lowest BCUT2D eigenvalue weighted by Crippen LogP contribution is -2.28. The van der Waals surface area contributed by atoms with Crippen LogP contribution in [-0.4, -0.2) is 37.2 Å². The van der Waals surface area contributed by atoms with Gasteiger partial charge in [-0.1, -0.05) is 12.1 Å². The van der Waals surface area contributed by atoms with E-state index in [0.717, 1.165) is 0 Å². The van der Waals surface area contributed by atoms with Gasteiger partial charge in [-0.2, -0.15) is 0 Å². The van der Waals surface area contributed by atoms with E-state index < -0.39 is 17.9 Å². The molecule has 0 bridgehead atoms. The molecule has 2 rings (SSSR count). The minimum absolute atomic E-state index is 0.0596. The summed E-state index contributed by atoms with van der Waals surface area (Å²) in [6, 6.07) is 4.70. The Kier molecular flexibility index (Phi) is 5.76. The van der Waals surface area contributed by atoms with E-state index in [9.17, 15) is 19.5 Å². The van der Waals surface area contributed by atoms with Crippen LogP contribution in [0.25, 0.3) is 0 Å². The second-order valence-electron chi connectivity index (χ2n) is 4.76. The van der Waals surface area contributed by atoms with Gasteiger partial charge in [0.05, 0.1) is 31.0 Å². The number of rotatable bonds is 4. The van der Waals surface area contributed by atoms with Crippen molar-refractivity contribution in [1.82, 2.24) is 0 Å². The number of carbonyl (C=O) groups is 3. The molecule has 25 heavy (non-hydrogen) atoms. The number of carboxylic acid groups (broad SMARTS) is 1. The van der Waals surface area contributed by atoms with Crippen molar-refractivity contribution in [2.45, 2.75) is 0 Å². The van der Waals surface area contributed by atoms with E-state index in [1.54, 1.807) is 18.2 Å². The summed E-state index contributed by atoms with van der Waals surface area (Å²) in [6.07, 6.45) is 5.96. The van der Waals surface area contributed by atoms with Crippen molar-refractivity contribution in [1.29, 1.82) is 0 Å². The number of anilines is 1. The minimum atomic E-state index is -1.20. The zero-order chi connectivity index (χ0) is 18.6. The molecule has 8 heteroatoms. The second kappa shape index (κ2) is 7.80. The number of ether oxygens (including phenoxy) is 2. The van der Waals surface area contributed by atoms with Crippen molar-refractivity contribution >= 4 is 39.5 Å². The lowest BCUT2D eigenvalue weighted by Gasteiger charge is -2.24. The van der Waals surface area contributed by atoms with Gasteiger partial charge in [0.25, 0.3) is 0 Å². The van der Waals surface area contributed by atoms with Gasteiger partial charge in [0.1, 0.15) is 5.70 Å². The number of nitrogens with zero attached hydrogens (tertiary/aromatic N) is 1. The number of carboxylic acids is 1. The SMILES string of the molecule is COC(=O)C1=C(C(=O)OC)N(c2cccc(Br)c2C(=O)O)C=CC=C1. The van der Waals surface area contributed by atoms with Crippen LogP contribution in [0.5, 0.6) is 0 Å². The van der Waals surface area contributed by atoms with Crippen molar-refractivity contribution in [3.05, 3.63) is 63.9 Å². The predicted octanol–water partition coefficient (Wildman–Crippen LogP) is 2.64. The van der Waals surface area contributed by atoms with E-state index in [1.165, 1.54) is 43.5 Å². The number of hydrogen-bond donors (Lipinski definition) is 1. The highest BCUT2D eigenvalue weighted by molar-refractivity contribution is 9.10. The van der Waals surface area contributed by atoms with E-state index in [-0.39, 0.29) is 22.5 Å².